The summed E-state index contributed by atoms with van der Waals surface area (Å²) in [6, 6.07) is 15.1. The first-order chi connectivity index (χ1) is 14.6. The molecule has 0 fully saturated rings. The van der Waals surface area contributed by atoms with E-state index in [-0.39, 0.29) is 36.4 Å². The number of guanidine groups is 1. The molecule has 0 aliphatic heterocycles. The first-order valence-electron chi connectivity index (χ1n) is 9.73. The molecule has 0 spiro atoms. The SMILES string of the molecule is CN=C(NCC(=O)NCc1ccc(OC)cc1)Nc1cccc(OCCCOC)c1.I. The van der Waals surface area contributed by atoms with Gasteiger partial charge in [-0.15, -0.1) is 24.0 Å². The molecule has 0 saturated heterocycles. The number of methoxy groups -OCH3 is 2. The summed E-state index contributed by atoms with van der Waals surface area (Å²) in [5.41, 5.74) is 1.81. The number of carbonyl (C=O) groups excluding carboxylic acids is 1. The van der Waals surface area contributed by atoms with Crippen LogP contribution in [0.5, 0.6) is 11.5 Å². The molecule has 0 aliphatic rings. The van der Waals surface area contributed by atoms with Crippen LogP contribution in [0, 0.1) is 0 Å². The number of halogens is 1. The molecule has 1 amide bonds. The van der Waals surface area contributed by atoms with Crippen molar-refractivity contribution in [3.63, 3.8) is 0 Å². The van der Waals surface area contributed by atoms with Crippen LogP contribution in [0.3, 0.4) is 0 Å². The molecule has 3 N–H and O–H groups in total. The fourth-order valence-electron chi connectivity index (χ4n) is 2.54. The van der Waals surface area contributed by atoms with Gasteiger partial charge in [0.2, 0.25) is 5.91 Å². The number of carbonyl (C=O) groups is 1. The number of benzene rings is 2. The van der Waals surface area contributed by atoms with Crippen LogP contribution in [0.1, 0.15) is 12.0 Å². The molecule has 0 heterocycles. The second kappa shape index (κ2) is 15.3. The number of rotatable bonds is 11. The Morgan fingerprint density at radius 2 is 1.77 bits per heavy atom. The van der Waals surface area contributed by atoms with E-state index in [0.29, 0.717) is 25.7 Å². The Morgan fingerprint density at radius 1 is 1.00 bits per heavy atom. The third-order valence-corrected chi connectivity index (χ3v) is 4.15. The standard InChI is InChI=1S/C22H30N4O4.HI/c1-23-22(26-18-6-4-7-20(14-18)30-13-5-12-28-2)25-16-21(27)24-15-17-8-10-19(29-3)11-9-17;/h4,6-11,14H,5,12-13,15-16H2,1-3H3,(H,24,27)(H2,23,25,26);1H. The highest BCUT2D eigenvalue weighted by molar-refractivity contribution is 14.0. The van der Waals surface area contributed by atoms with Crippen LogP contribution in [-0.2, 0) is 16.1 Å². The number of anilines is 1. The number of nitrogens with one attached hydrogen (secondary N) is 3. The van der Waals surface area contributed by atoms with Crippen molar-refractivity contribution < 1.29 is 19.0 Å². The molecule has 31 heavy (non-hydrogen) atoms. The molecule has 0 aromatic heterocycles. The lowest BCUT2D eigenvalue weighted by Crippen LogP contribution is -2.39. The minimum atomic E-state index is -0.135. The van der Waals surface area contributed by atoms with Crippen molar-refractivity contribution in [3.8, 4) is 11.5 Å². The Labute approximate surface area is 200 Å². The number of nitrogens with zero attached hydrogens (tertiary/aromatic N) is 1. The zero-order valence-electron chi connectivity index (χ0n) is 18.1. The van der Waals surface area contributed by atoms with Crippen LogP contribution in [0.2, 0.25) is 0 Å². The molecule has 9 heteroatoms. The second-order valence-electron chi connectivity index (χ2n) is 6.40. The molecule has 0 radical (unpaired) electrons. The predicted octanol–water partition coefficient (Wildman–Crippen LogP) is 3.03. The predicted molar refractivity (Wildman–Crippen MR) is 134 cm³/mol. The van der Waals surface area contributed by atoms with Crippen molar-refractivity contribution in [2.75, 3.05) is 46.3 Å². The molecule has 2 rings (SSSR count). The largest absolute Gasteiger partial charge is 0.497 e. The van der Waals surface area contributed by atoms with Crippen LogP contribution >= 0.6 is 24.0 Å². The monoisotopic (exact) mass is 542 g/mol. The summed E-state index contributed by atoms with van der Waals surface area (Å²) in [4.78, 5) is 16.3. The highest BCUT2D eigenvalue weighted by Gasteiger charge is 2.05. The van der Waals surface area contributed by atoms with Crippen LogP contribution in [0.15, 0.2) is 53.5 Å². The van der Waals surface area contributed by atoms with E-state index < -0.39 is 0 Å². The molecule has 2 aromatic rings. The Kier molecular flexibility index (Phi) is 13.1. The fourth-order valence-corrected chi connectivity index (χ4v) is 2.54. The highest BCUT2D eigenvalue weighted by Crippen LogP contribution is 2.17. The normalized spacial score (nSPS) is 10.6. The number of aliphatic imine (C=N–C) groups is 1. The lowest BCUT2D eigenvalue weighted by molar-refractivity contribution is -0.120. The summed E-state index contributed by atoms with van der Waals surface area (Å²) >= 11 is 0. The van der Waals surface area contributed by atoms with E-state index >= 15 is 0 Å². The van der Waals surface area contributed by atoms with E-state index in [1.54, 1.807) is 21.3 Å². The van der Waals surface area contributed by atoms with Gasteiger partial charge in [0.05, 0.1) is 20.3 Å². The van der Waals surface area contributed by atoms with Gasteiger partial charge in [-0.3, -0.25) is 9.79 Å². The van der Waals surface area contributed by atoms with E-state index in [1.807, 2.05) is 48.5 Å². The molecular formula is C22H31IN4O4. The van der Waals surface area contributed by atoms with Gasteiger partial charge in [-0.1, -0.05) is 18.2 Å². The number of hydrogen-bond acceptors (Lipinski definition) is 5. The summed E-state index contributed by atoms with van der Waals surface area (Å²) in [6.07, 6.45) is 0.822. The van der Waals surface area contributed by atoms with Crippen LogP contribution in [0.25, 0.3) is 0 Å². The van der Waals surface area contributed by atoms with Crippen molar-refractivity contribution in [3.05, 3.63) is 54.1 Å². The number of amides is 1. The molecular weight excluding hydrogens is 511 g/mol. The van der Waals surface area contributed by atoms with Crippen molar-refractivity contribution in [1.29, 1.82) is 0 Å². The molecule has 0 saturated carbocycles. The van der Waals surface area contributed by atoms with Gasteiger partial charge in [-0.05, 0) is 29.8 Å². The first-order valence-corrected chi connectivity index (χ1v) is 9.73. The zero-order chi connectivity index (χ0) is 21.6. The minimum Gasteiger partial charge on any atom is -0.497 e. The van der Waals surface area contributed by atoms with Gasteiger partial charge in [0.15, 0.2) is 5.96 Å². The Morgan fingerprint density at radius 3 is 2.45 bits per heavy atom. The number of ether oxygens (including phenoxy) is 3. The first kappa shape index (κ1) is 26.5. The van der Waals surface area contributed by atoms with E-state index in [2.05, 4.69) is 20.9 Å². The lowest BCUT2D eigenvalue weighted by atomic mass is 10.2. The Hall–Kier alpha value is -2.53. The summed E-state index contributed by atoms with van der Waals surface area (Å²) in [7, 11) is 4.94. The van der Waals surface area contributed by atoms with Crippen molar-refractivity contribution in [2.45, 2.75) is 13.0 Å². The van der Waals surface area contributed by atoms with E-state index in [0.717, 1.165) is 29.2 Å². The van der Waals surface area contributed by atoms with Crippen LogP contribution in [0.4, 0.5) is 5.69 Å². The van der Waals surface area contributed by atoms with Crippen LogP contribution < -0.4 is 25.4 Å². The Balaban J connectivity index is 0.00000480. The third-order valence-electron chi connectivity index (χ3n) is 4.15. The molecule has 0 atom stereocenters. The van der Waals surface area contributed by atoms with Gasteiger partial charge >= 0.3 is 0 Å². The highest BCUT2D eigenvalue weighted by atomic mass is 127. The minimum absolute atomic E-state index is 0. The van der Waals surface area contributed by atoms with Gasteiger partial charge in [-0.2, -0.15) is 0 Å². The summed E-state index contributed by atoms with van der Waals surface area (Å²) in [5, 5.41) is 9.02. The van der Waals surface area contributed by atoms with Gasteiger partial charge in [0.25, 0.3) is 0 Å². The maximum absolute atomic E-state index is 12.1. The summed E-state index contributed by atoms with van der Waals surface area (Å²) in [5.74, 6) is 1.89. The van der Waals surface area contributed by atoms with Crippen molar-refractivity contribution in [2.24, 2.45) is 4.99 Å². The Bertz CT molecular complexity index is 815. The molecule has 8 nitrogen and oxygen atoms in total. The number of hydrogen-bond donors (Lipinski definition) is 3. The van der Waals surface area contributed by atoms with Gasteiger partial charge in [0, 0.05) is 45.5 Å². The molecule has 170 valence electrons. The summed E-state index contributed by atoms with van der Waals surface area (Å²) < 4.78 is 15.8. The van der Waals surface area contributed by atoms with Gasteiger partial charge in [0.1, 0.15) is 11.5 Å². The maximum Gasteiger partial charge on any atom is 0.239 e. The summed E-state index contributed by atoms with van der Waals surface area (Å²) in [6.45, 7) is 1.79. The fraction of sp³-hybridized carbons (Fsp3) is 0.364. The lowest BCUT2D eigenvalue weighted by Gasteiger charge is -2.13. The topological polar surface area (TPSA) is 93.2 Å². The second-order valence-corrected chi connectivity index (χ2v) is 6.40. The molecule has 0 bridgehead atoms. The van der Waals surface area contributed by atoms with Gasteiger partial charge in [-0.25, -0.2) is 0 Å². The van der Waals surface area contributed by atoms with Crippen molar-refractivity contribution in [1.82, 2.24) is 10.6 Å². The molecule has 0 unspecified atom stereocenters. The van der Waals surface area contributed by atoms with E-state index in [4.69, 9.17) is 14.2 Å². The average molecular weight is 542 g/mol. The van der Waals surface area contributed by atoms with E-state index in [1.165, 1.54) is 0 Å². The van der Waals surface area contributed by atoms with Gasteiger partial charge < -0.3 is 30.2 Å². The van der Waals surface area contributed by atoms with E-state index in [9.17, 15) is 4.79 Å². The maximum atomic E-state index is 12.1. The quantitative estimate of drug-likeness (QED) is 0.175. The average Bonchev–Trinajstić information content (AvgIpc) is 2.78. The smallest absolute Gasteiger partial charge is 0.239 e. The molecule has 0 aliphatic carbocycles. The van der Waals surface area contributed by atoms with Crippen molar-refractivity contribution >= 4 is 41.5 Å². The third kappa shape index (κ3) is 10.4. The molecule has 2 aromatic carbocycles. The van der Waals surface area contributed by atoms with Crippen LogP contribution in [-0.4, -0.2) is 52.9 Å². The zero-order valence-corrected chi connectivity index (χ0v) is 20.5.